The summed E-state index contributed by atoms with van der Waals surface area (Å²) in [6, 6.07) is 9.49. The molecule has 0 radical (unpaired) electrons. The third-order valence-electron chi connectivity index (χ3n) is 3.73. The highest BCUT2D eigenvalue weighted by atomic mass is 16.5. The summed E-state index contributed by atoms with van der Waals surface area (Å²) in [5.74, 6) is 0.753. The third-order valence-corrected chi connectivity index (χ3v) is 3.73. The number of nitrogens with zero attached hydrogens (tertiary/aromatic N) is 3. The molecule has 1 aliphatic heterocycles. The molecule has 0 bridgehead atoms. The number of rotatable bonds is 4. The first-order valence-corrected chi connectivity index (χ1v) is 7.48. The molecule has 5 nitrogen and oxygen atoms in total. The van der Waals surface area contributed by atoms with Crippen molar-refractivity contribution in [2.75, 3.05) is 13.1 Å². The summed E-state index contributed by atoms with van der Waals surface area (Å²) in [6.45, 7) is 3.29. The molecule has 1 saturated heterocycles. The lowest BCUT2D eigenvalue weighted by Gasteiger charge is -2.17. The van der Waals surface area contributed by atoms with Gasteiger partial charge in [-0.25, -0.2) is 4.98 Å². The molecule has 2 aromatic rings. The van der Waals surface area contributed by atoms with E-state index in [4.69, 9.17) is 4.74 Å². The van der Waals surface area contributed by atoms with Crippen molar-refractivity contribution in [2.45, 2.75) is 25.9 Å². The van der Waals surface area contributed by atoms with Crippen LogP contribution < -0.4 is 4.74 Å². The lowest BCUT2D eigenvalue weighted by molar-refractivity contribution is -0.129. The zero-order chi connectivity index (χ0) is 15.4. The van der Waals surface area contributed by atoms with Crippen molar-refractivity contribution in [2.24, 2.45) is 0 Å². The minimum absolute atomic E-state index is 0.0205. The van der Waals surface area contributed by atoms with Gasteiger partial charge in [0.05, 0.1) is 13.0 Å². The first-order chi connectivity index (χ1) is 10.7. The Labute approximate surface area is 130 Å². The van der Waals surface area contributed by atoms with Crippen LogP contribution in [-0.2, 0) is 11.2 Å². The Morgan fingerprint density at radius 3 is 3.05 bits per heavy atom. The second kappa shape index (κ2) is 6.56. The fourth-order valence-corrected chi connectivity index (χ4v) is 2.59. The summed E-state index contributed by atoms with van der Waals surface area (Å²) < 4.78 is 5.87. The van der Waals surface area contributed by atoms with Crippen molar-refractivity contribution in [1.82, 2.24) is 14.9 Å². The Bertz CT molecular complexity index is 645. The first kappa shape index (κ1) is 14.5. The Hall–Kier alpha value is -2.43. The number of carbonyl (C=O) groups excluding carboxylic acids is 1. The van der Waals surface area contributed by atoms with Crippen LogP contribution in [0.25, 0.3) is 0 Å². The molecule has 0 aromatic carbocycles. The van der Waals surface area contributed by atoms with Crippen molar-refractivity contribution in [3.05, 3.63) is 54.0 Å². The number of ether oxygens (including phenoxy) is 1. The molecule has 0 N–H and O–H groups in total. The number of pyridine rings is 2. The summed E-state index contributed by atoms with van der Waals surface area (Å²) >= 11 is 0. The maximum atomic E-state index is 12.3. The summed E-state index contributed by atoms with van der Waals surface area (Å²) in [6.07, 6.45) is 4.70. The smallest absolute Gasteiger partial charge is 0.227 e. The summed E-state index contributed by atoms with van der Waals surface area (Å²) in [7, 11) is 0. The quantitative estimate of drug-likeness (QED) is 0.866. The second-order valence-electron chi connectivity index (χ2n) is 5.52. The van der Waals surface area contributed by atoms with Crippen LogP contribution in [0.15, 0.2) is 42.7 Å². The highest BCUT2D eigenvalue weighted by Crippen LogP contribution is 2.17. The van der Waals surface area contributed by atoms with E-state index in [9.17, 15) is 4.79 Å². The number of hydrogen-bond donors (Lipinski definition) is 0. The summed E-state index contributed by atoms with van der Waals surface area (Å²) in [5, 5.41) is 0. The zero-order valence-corrected chi connectivity index (χ0v) is 12.6. The number of carbonyl (C=O) groups is 1. The third kappa shape index (κ3) is 3.61. The van der Waals surface area contributed by atoms with Gasteiger partial charge >= 0.3 is 0 Å². The van der Waals surface area contributed by atoms with E-state index in [1.807, 2.05) is 42.2 Å². The molecule has 1 aliphatic rings. The lowest BCUT2D eigenvalue weighted by atomic mass is 10.2. The number of aryl methyl sites for hydroxylation is 1. The van der Waals surface area contributed by atoms with Gasteiger partial charge in [0, 0.05) is 37.1 Å². The standard InChI is InChI=1S/C17H19N3O2/c1-13-4-2-6-16(19-13)22-15-7-9-20(12-15)17(21)10-14-5-3-8-18-11-14/h2-6,8,11,15H,7,9-10,12H2,1H3. The van der Waals surface area contributed by atoms with Gasteiger partial charge in [-0.2, -0.15) is 0 Å². The molecular weight excluding hydrogens is 278 g/mol. The molecule has 114 valence electrons. The molecular formula is C17H19N3O2. The Kier molecular flexibility index (Phi) is 4.32. The maximum Gasteiger partial charge on any atom is 0.227 e. The molecule has 0 spiro atoms. The van der Waals surface area contributed by atoms with Crippen LogP contribution in [0.3, 0.4) is 0 Å². The van der Waals surface area contributed by atoms with Gasteiger partial charge in [0.1, 0.15) is 6.10 Å². The van der Waals surface area contributed by atoms with E-state index in [0.717, 1.165) is 24.2 Å². The van der Waals surface area contributed by atoms with E-state index in [-0.39, 0.29) is 12.0 Å². The van der Waals surface area contributed by atoms with Gasteiger partial charge in [0.2, 0.25) is 11.8 Å². The molecule has 0 saturated carbocycles. The predicted octanol–water partition coefficient (Wildman–Crippen LogP) is 2.01. The number of aromatic nitrogens is 2. The van der Waals surface area contributed by atoms with Gasteiger partial charge in [-0.15, -0.1) is 0 Å². The van der Waals surface area contributed by atoms with Crippen molar-refractivity contribution in [1.29, 1.82) is 0 Å². The van der Waals surface area contributed by atoms with Crippen molar-refractivity contribution >= 4 is 5.91 Å². The lowest BCUT2D eigenvalue weighted by Crippen LogP contribution is -2.32. The summed E-state index contributed by atoms with van der Waals surface area (Å²) in [4.78, 5) is 22.5. The molecule has 22 heavy (non-hydrogen) atoms. The molecule has 3 rings (SSSR count). The van der Waals surface area contributed by atoms with Gasteiger partial charge in [0.25, 0.3) is 0 Å². The Balaban J connectivity index is 1.54. The second-order valence-corrected chi connectivity index (χ2v) is 5.52. The molecule has 0 aliphatic carbocycles. The topological polar surface area (TPSA) is 55.3 Å². The molecule has 1 unspecified atom stereocenters. The average molecular weight is 297 g/mol. The van der Waals surface area contributed by atoms with E-state index in [0.29, 0.717) is 18.8 Å². The Morgan fingerprint density at radius 1 is 1.36 bits per heavy atom. The van der Waals surface area contributed by atoms with Gasteiger partial charge in [-0.1, -0.05) is 12.1 Å². The van der Waals surface area contributed by atoms with E-state index < -0.39 is 0 Å². The molecule has 5 heteroatoms. The predicted molar refractivity (Wildman–Crippen MR) is 82.5 cm³/mol. The van der Waals surface area contributed by atoms with Crippen molar-refractivity contribution in [3.8, 4) is 5.88 Å². The minimum atomic E-state index is 0.0205. The van der Waals surface area contributed by atoms with Crippen molar-refractivity contribution < 1.29 is 9.53 Å². The van der Waals surface area contributed by atoms with E-state index >= 15 is 0 Å². The zero-order valence-electron chi connectivity index (χ0n) is 12.6. The number of amides is 1. The van der Waals surface area contributed by atoms with Crippen LogP contribution in [0.1, 0.15) is 17.7 Å². The Morgan fingerprint density at radius 2 is 2.27 bits per heavy atom. The van der Waals surface area contributed by atoms with Crippen LogP contribution in [0.2, 0.25) is 0 Å². The van der Waals surface area contributed by atoms with Crippen LogP contribution in [-0.4, -0.2) is 40.0 Å². The number of likely N-dealkylation sites (tertiary alicyclic amines) is 1. The molecule has 1 atom stereocenters. The van der Waals surface area contributed by atoms with Crippen LogP contribution in [0.5, 0.6) is 5.88 Å². The van der Waals surface area contributed by atoms with Crippen LogP contribution in [0, 0.1) is 6.92 Å². The maximum absolute atomic E-state index is 12.3. The number of hydrogen-bond acceptors (Lipinski definition) is 4. The van der Waals surface area contributed by atoms with E-state index in [1.54, 1.807) is 12.4 Å². The van der Waals surface area contributed by atoms with Crippen LogP contribution in [0.4, 0.5) is 0 Å². The molecule has 1 fully saturated rings. The van der Waals surface area contributed by atoms with Gasteiger partial charge < -0.3 is 9.64 Å². The molecule has 3 heterocycles. The highest BCUT2D eigenvalue weighted by Gasteiger charge is 2.27. The average Bonchev–Trinajstić information content (AvgIpc) is 2.97. The SMILES string of the molecule is Cc1cccc(OC2CCN(C(=O)Cc3cccnc3)C2)n1. The highest BCUT2D eigenvalue weighted by molar-refractivity contribution is 5.79. The largest absolute Gasteiger partial charge is 0.472 e. The monoisotopic (exact) mass is 297 g/mol. The van der Waals surface area contributed by atoms with E-state index in [1.165, 1.54) is 0 Å². The normalized spacial score (nSPS) is 17.5. The fourth-order valence-electron chi connectivity index (χ4n) is 2.59. The van der Waals surface area contributed by atoms with Crippen molar-refractivity contribution in [3.63, 3.8) is 0 Å². The van der Waals surface area contributed by atoms with E-state index in [2.05, 4.69) is 9.97 Å². The van der Waals surface area contributed by atoms with Crippen LogP contribution >= 0.6 is 0 Å². The van der Waals surface area contributed by atoms with Gasteiger partial charge in [0.15, 0.2) is 0 Å². The van der Waals surface area contributed by atoms with Gasteiger partial charge in [-0.3, -0.25) is 9.78 Å². The minimum Gasteiger partial charge on any atom is -0.472 e. The molecule has 2 aromatic heterocycles. The van der Waals surface area contributed by atoms with Gasteiger partial charge in [-0.05, 0) is 24.6 Å². The molecule has 1 amide bonds. The first-order valence-electron chi connectivity index (χ1n) is 7.48. The summed E-state index contributed by atoms with van der Waals surface area (Å²) in [5.41, 5.74) is 1.87. The fraction of sp³-hybridized carbons (Fsp3) is 0.353.